The van der Waals surface area contributed by atoms with Crippen molar-refractivity contribution in [1.29, 1.82) is 0 Å². The minimum atomic E-state index is -0.777. The van der Waals surface area contributed by atoms with Crippen molar-refractivity contribution in [3.8, 4) is 0 Å². The highest BCUT2D eigenvalue weighted by Gasteiger charge is 2.12. The standard InChI is InChI=1S/C17H13BrFNO/c18-14-8-6-12(9-15(14)19)17(21)10-13-7-5-11-3-1-2-4-16(11)20-13/h1-9,17,21H,10H2. The number of benzene rings is 2. The Bertz CT molecular complexity index is 791. The molecule has 1 heterocycles. The molecule has 106 valence electrons. The molecule has 0 radical (unpaired) electrons. The molecule has 0 aliphatic carbocycles. The molecular weight excluding hydrogens is 333 g/mol. The van der Waals surface area contributed by atoms with Crippen LogP contribution in [0.4, 0.5) is 4.39 Å². The van der Waals surface area contributed by atoms with Gasteiger partial charge in [0.15, 0.2) is 0 Å². The van der Waals surface area contributed by atoms with Crippen LogP contribution < -0.4 is 0 Å². The van der Waals surface area contributed by atoms with E-state index in [4.69, 9.17) is 0 Å². The first kappa shape index (κ1) is 14.2. The van der Waals surface area contributed by atoms with Crippen LogP contribution in [0.15, 0.2) is 59.1 Å². The molecule has 0 bridgehead atoms. The summed E-state index contributed by atoms with van der Waals surface area (Å²) in [6.45, 7) is 0. The molecule has 1 N–H and O–H groups in total. The van der Waals surface area contributed by atoms with Crippen molar-refractivity contribution in [3.05, 3.63) is 76.1 Å². The predicted molar refractivity (Wildman–Crippen MR) is 84.5 cm³/mol. The summed E-state index contributed by atoms with van der Waals surface area (Å²) >= 11 is 3.10. The Morgan fingerprint density at radius 1 is 1.10 bits per heavy atom. The summed E-state index contributed by atoms with van der Waals surface area (Å²) in [6.07, 6.45) is -0.424. The summed E-state index contributed by atoms with van der Waals surface area (Å²) in [5, 5.41) is 11.3. The van der Waals surface area contributed by atoms with Gasteiger partial charge in [-0.3, -0.25) is 4.98 Å². The van der Waals surface area contributed by atoms with E-state index in [2.05, 4.69) is 20.9 Å². The highest BCUT2D eigenvalue weighted by molar-refractivity contribution is 9.10. The van der Waals surface area contributed by atoms with Gasteiger partial charge in [0.05, 0.1) is 16.1 Å². The van der Waals surface area contributed by atoms with Crippen LogP contribution in [0.1, 0.15) is 17.4 Å². The molecule has 0 aliphatic heterocycles. The topological polar surface area (TPSA) is 33.1 Å². The van der Waals surface area contributed by atoms with Gasteiger partial charge in [0.1, 0.15) is 5.82 Å². The Morgan fingerprint density at radius 3 is 2.71 bits per heavy atom. The number of hydrogen-bond acceptors (Lipinski definition) is 2. The molecule has 0 amide bonds. The number of hydrogen-bond donors (Lipinski definition) is 1. The second-order valence-electron chi connectivity index (χ2n) is 4.89. The summed E-state index contributed by atoms with van der Waals surface area (Å²) in [5.41, 5.74) is 2.22. The van der Waals surface area contributed by atoms with E-state index in [0.717, 1.165) is 16.6 Å². The fraction of sp³-hybridized carbons (Fsp3) is 0.118. The van der Waals surface area contributed by atoms with Crippen molar-refractivity contribution < 1.29 is 9.50 Å². The van der Waals surface area contributed by atoms with Gasteiger partial charge < -0.3 is 5.11 Å². The Morgan fingerprint density at radius 2 is 1.90 bits per heavy atom. The van der Waals surface area contributed by atoms with Gasteiger partial charge in [-0.15, -0.1) is 0 Å². The molecule has 0 spiro atoms. The van der Waals surface area contributed by atoms with Crippen LogP contribution >= 0.6 is 15.9 Å². The SMILES string of the molecule is OC(Cc1ccc2ccccc2n1)c1ccc(Br)c(F)c1. The maximum atomic E-state index is 13.5. The van der Waals surface area contributed by atoms with E-state index in [-0.39, 0.29) is 5.82 Å². The maximum Gasteiger partial charge on any atom is 0.137 e. The normalized spacial score (nSPS) is 12.5. The number of aliphatic hydroxyl groups excluding tert-OH is 1. The first-order chi connectivity index (χ1) is 10.1. The number of halogens is 2. The summed E-state index contributed by atoms with van der Waals surface area (Å²) < 4.78 is 13.9. The number of aliphatic hydroxyl groups is 1. The molecule has 0 aliphatic rings. The van der Waals surface area contributed by atoms with E-state index >= 15 is 0 Å². The van der Waals surface area contributed by atoms with Crippen LogP contribution in [0.2, 0.25) is 0 Å². The van der Waals surface area contributed by atoms with Crippen molar-refractivity contribution in [1.82, 2.24) is 4.98 Å². The Hall–Kier alpha value is -1.78. The van der Waals surface area contributed by atoms with Crippen LogP contribution in [0.25, 0.3) is 10.9 Å². The van der Waals surface area contributed by atoms with E-state index in [1.165, 1.54) is 6.07 Å². The van der Waals surface area contributed by atoms with Gasteiger partial charge in [-0.05, 0) is 45.8 Å². The molecule has 3 rings (SSSR count). The van der Waals surface area contributed by atoms with Crippen molar-refractivity contribution in [2.75, 3.05) is 0 Å². The monoisotopic (exact) mass is 345 g/mol. The first-order valence-corrected chi connectivity index (χ1v) is 7.40. The molecule has 2 aromatic carbocycles. The third kappa shape index (κ3) is 3.12. The predicted octanol–water partition coefficient (Wildman–Crippen LogP) is 4.41. The average molecular weight is 346 g/mol. The zero-order valence-corrected chi connectivity index (χ0v) is 12.7. The Kier molecular flexibility index (Phi) is 3.99. The van der Waals surface area contributed by atoms with E-state index in [9.17, 15) is 9.50 Å². The van der Waals surface area contributed by atoms with E-state index in [0.29, 0.717) is 16.5 Å². The second-order valence-corrected chi connectivity index (χ2v) is 5.74. The number of aromatic nitrogens is 1. The van der Waals surface area contributed by atoms with Gasteiger partial charge in [-0.25, -0.2) is 4.39 Å². The van der Waals surface area contributed by atoms with Gasteiger partial charge in [0.25, 0.3) is 0 Å². The van der Waals surface area contributed by atoms with Crippen molar-refractivity contribution in [2.24, 2.45) is 0 Å². The number of rotatable bonds is 3. The molecule has 1 atom stereocenters. The van der Waals surface area contributed by atoms with Crippen molar-refractivity contribution in [2.45, 2.75) is 12.5 Å². The van der Waals surface area contributed by atoms with E-state index in [1.807, 2.05) is 36.4 Å². The molecule has 0 saturated carbocycles. The minimum Gasteiger partial charge on any atom is -0.388 e. The number of para-hydroxylation sites is 1. The van der Waals surface area contributed by atoms with Gasteiger partial charge >= 0.3 is 0 Å². The van der Waals surface area contributed by atoms with E-state index in [1.54, 1.807) is 12.1 Å². The van der Waals surface area contributed by atoms with E-state index < -0.39 is 6.10 Å². The Labute approximate surface area is 130 Å². The van der Waals surface area contributed by atoms with Crippen molar-refractivity contribution in [3.63, 3.8) is 0 Å². The molecule has 0 fully saturated rings. The highest BCUT2D eigenvalue weighted by atomic mass is 79.9. The fourth-order valence-corrected chi connectivity index (χ4v) is 2.50. The fourth-order valence-electron chi connectivity index (χ4n) is 2.26. The van der Waals surface area contributed by atoms with Gasteiger partial charge in [0.2, 0.25) is 0 Å². The molecule has 2 nitrogen and oxygen atoms in total. The summed E-state index contributed by atoms with van der Waals surface area (Å²) in [7, 11) is 0. The highest BCUT2D eigenvalue weighted by Crippen LogP contribution is 2.23. The smallest absolute Gasteiger partial charge is 0.137 e. The largest absolute Gasteiger partial charge is 0.388 e. The molecule has 0 saturated heterocycles. The zero-order chi connectivity index (χ0) is 14.8. The van der Waals surface area contributed by atoms with Gasteiger partial charge in [0, 0.05) is 17.5 Å². The number of nitrogens with zero attached hydrogens (tertiary/aromatic N) is 1. The molecule has 1 unspecified atom stereocenters. The van der Waals surface area contributed by atoms with Crippen LogP contribution in [0.3, 0.4) is 0 Å². The number of fused-ring (bicyclic) bond motifs is 1. The summed E-state index contributed by atoms with van der Waals surface area (Å²) in [4.78, 5) is 4.52. The average Bonchev–Trinajstić information content (AvgIpc) is 2.50. The Balaban J connectivity index is 1.85. The lowest BCUT2D eigenvalue weighted by Gasteiger charge is -2.11. The van der Waals surface area contributed by atoms with Crippen LogP contribution in [0, 0.1) is 5.82 Å². The number of pyridine rings is 1. The first-order valence-electron chi connectivity index (χ1n) is 6.61. The van der Waals surface area contributed by atoms with Crippen LogP contribution in [-0.4, -0.2) is 10.1 Å². The molecule has 3 aromatic rings. The van der Waals surface area contributed by atoms with Crippen LogP contribution in [0.5, 0.6) is 0 Å². The third-order valence-electron chi connectivity index (χ3n) is 3.39. The lowest BCUT2D eigenvalue weighted by atomic mass is 10.0. The minimum absolute atomic E-state index is 0.353. The van der Waals surface area contributed by atoms with Crippen LogP contribution in [-0.2, 0) is 6.42 Å². The molecule has 4 heteroatoms. The molecule has 21 heavy (non-hydrogen) atoms. The maximum absolute atomic E-state index is 13.5. The zero-order valence-electron chi connectivity index (χ0n) is 11.1. The third-order valence-corrected chi connectivity index (χ3v) is 4.03. The molecular formula is C17H13BrFNO. The van der Waals surface area contributed by atoms with Gasteiger partial charge in [-0.2, -0.15) is 0 Å². The van der Waals surface area contributed by atoms with Crippen molar-refractivity contribution >= 4 is 26.8 Å². The summed E-state index contributed by atoms with van der Waals surface area (Å²) in [6, 6.07) is 16.3. The quantitative estimate of drug-likeness (QED) is 0.762. The lowest BCUT2D eigenvalue weighted by Crippen LogP contribution is -2.04. The molecule has 1 aromatic heterocycles. The second kappa shape index (κ2) is 5.92. The van der Waals surface area contributed by atoms with Gasteiger partial charge in [-0.1, -0.05) is 30.3 Å². The summed E-state index contributed by atoms with van der Waals surface area (Å²) in [5.74, 6) is -0.377. The lowest BCUT2D eigenvalue weighted by molar-refractivity contribution is 0.177.